The number of anilines is 1. The molecule has 170 valence electrons. The molecule has 1 aliphatic rings. The molecule has 2 N–H and O–H groups in total. The van der Waals surface area contributed by atoms with Crippen LogP contribution in [-0.2, 0) is 34.0 Å². The number of aromatic nitrogens is 2. The van der Waals surface area contributed by atoms with E-state index < -0.39 is 39.1 Å². The monoisotopic (exact) mass is 466 g/mol. The minimum Gasteiger partial charge on any atom is -0.328 e. The van der Waals surface area contributed by atoms with E-state index in [2.05, 4.69) is 14.9 Å². The van der Waals surface area contributed by atoms with Crippen molar-refractivity contribution in [1.29, 1.82) is 0 Å². The van der Waals surface area contributed by atoms with E-state index in [1.807, 2.05) is 10.8 Å². The fourth-order valence-corrected chi connectivity index (χ4v) is 4.74. The fraction of sp³-hybridized carbons (Fsp3) is 0.333. The van der Waals surface area contributed by atoms with Crippen molar-refractivity contribution in [3.63, 3.8) is 0 Å². The first-order chi connectivity index (χ1) is 15.1. The Hall–Kier alpha value is -2.92. The first-order valence-corrected chi connectivity index (χ1v) is 11.6. The van der Waals surface area contributed by atoms with E-state index in [-0.39, 0.29) is 0 Å². The molecule has 32 heavy (non-hydrogen) atoms. The maximum absolute atomic E-state index is 12.8. The molecule has 1 aromatic heterocycles. The van der Waals surface area contributed by atoms with Crippen LogP contribution in [0.5, 0.6) is 0 Å². The Labute approximate surface area is 182 Å². The summed E-state index contributed by atoms with van der Waals surface area (Å²) in [6, 6.07) is 8.62. The summed E-state index contributed by atoms with van der Waals surface area (Å²) in [4.78, 5) is 16.3. The van der Waals surface area contributed by atoms with E-state index in [9.17, 15) is 26.4 Å². The van der Waals surface area contributed by atoms with Gasteiger partial charge in [0.15, 0.2) is 0 Å². The summed E-state index contributed by atoms with van der Waals surface area (Å²) >= 11 is 0. The van der Waals surface area contributed by atoms with Crippen molar-refractivity contribution in [3.05, 3.63) is 53.9 Å². The number of alkyl halides is 3. The molecule has 11 heteroatoms. The zero-order valence-electron chi connectivity index (χ0n) is 16.9. The third-order valence-electron chi connectivity index (χ3n) is 5.29. The van der Waals surface area contributed by atoms with E-state index in [0.29, 0.717) is 11.8 Å². The summed E-state index contributed by atoms with van der Waals surface area (Å²) in [6.45, 7) is 0.269. The van der Waals surface area contributed by atoms with Crippen molar-refractivity contribution in [2.24, 2.45) is 0 Å². The standard InChI is InChI=1S/C21H21F3N4O3S/c22-21(23,24)14-5-4-6-16(11-14)32(30,31)25-13-20(29)26-15-8-9-18-17(12-15)27-19-7-2-1-3-10-28(18)19/h4-6,8-9,11-12,25H,1-3,7,10,13H2,(H,26,29). The lowest BCUT2D eigenvalue weighted by atomic mass is 10.2. The quantitative estimate of drug-likeness (QED) is 0.600. The predicted octanol–water partition coefficient (Wildman–Crippen LogP) is 3.70. The van der Waals surface area contributed by atoms with E-state index in [0.717, 1.165) is 67.3 Å². The number of rotatable bonds is 5. The van der Waals surface area contributed by atoms with Gasteiger partial charge in [-0.25, -0.2) is 18.1 Å². The number of nitrogens with zero attached hydrogens (tertiary/aromatic N) is 2. The first kappa shape index (κ1) is 22.3. The van der Waals surface area contributed by atoms with Gasteiger partial charge in [0.1, 0.15) is 5.82 Å². The van der Waals surface area contributed by atoms with E-state index in [1.54, 1.807) is 12.1 Å². The lowest BCUT2D eigenvalue weighted by Crippen LogP contribution is -2.33. The maximum atomic E-state index is 12.8. The number of fused-ring (bicyclic) bond motifs is 3. The molecule has 0 radical (unpaired) electrons. The zero-order chi connectivity index (χ0) is 22.9. The SMILES string of the molecule is O=C(CNS(=O)(=O)c1cccc(C(F)(F)F)c1)Nc1ccc2c(c1)nc1n2CCCCC1. The van der Waals surface area contributed by atoms with Gasteiger partial charge in [-0.2, -0.15) is 13.2 Å². The third-order valence-corrected chi connectivity index (χ3v) is 6.69. The van der Waals surface area contributed by atoms with Crippen molar-refractivity contribution in [2.75, 3.05) is 11.9 Å². The molecule has 0 saturated heterocycles. The highest BCUT2D eigenvalue weighted by molar-refractivity contribution is 7.89. The van der Waals surface area contributed by atoms with Crippen LogP contribution in [0.1, 0.15) is 30.7 Å². The van der Waals surface area contributed by atoms with Gasteiger partial charge in [-0.15, -0.1) is 0 Å². The highest BCUT2D eigenvalue weighted by Crippen LogP contribution is 2.30. The second-order valence-corrected chi connectivity index (χ2v) is 9.36. The lowest BCUT2D eigenvalue weighted by molar-refractivity contribution is -0.137. The molecular weight excluding hydrogens is 445 g/mol. The molecule has 0 fully saturated rings. The van der Waals surface area contributed by atoms with Gasteiger partial charge >= 0.3 is 6.18 Å². The molecule has 3 aromatic rings. The van der Waals surface area contributed by atoms with Crippen LogP contribution in [-0.4, -0.2) is 30.4 Å². The van der Waals surface area contributed by atoms with Crippen molar-refractivity contribution in [3.8, 4) is 0 Å². The van der Waals surface area contributed by atoms with E-state index in [1.165, 1.54) is 0 Å². The summed E-state index contributed by atoms with van der Waals surface area (Å²) in [5, 5.41) is 2.59. The number of halogens is 3. The molecule has 7 nitrogen and oxygen atoms in total. The first-order valence-electron chi connectivity index (χ1n) is 10.1. The molecule has 0 unspecified atom stereocenters. The molecule has 4 rings (SSSR count). The van der Waals surface area contributed by atoms with Gasteiger partial charge < -0.3 is 9.88 Å². The average molecular weight is 466 g/mol. The summed E-state index contributed by atoms with van der Waals surface area (Å²) in [6.07, 6.45) is -0.446. The Bertz CT molecular complexity index is 1270. The Balaban J connectivity index is 1.43. The molecule has 1 aliphatic heterocycles. The number of carbonyl (C=O) groups is 1. The highest BCUT2D eigenvalue weighted by atomic mass is 32.2. The van der Waals surface area contributed by atoms with Crippen LogP contribution in [0.4, 0.5) is 18.9 Å². The van der Waals surface area contributed by atoms with Gasteiger partial charge in [-0.3, -0.25) is 4.79 Å². The number of carbonyl (C=O) groups excluding carboxylic acids is 1. The summed E-state index contributed by atoms with van der Waals surface area (Å²) in [5.74, 6) is 0.357. The number of benzene rings is 2. The molecule has 0 spiro atoms. The molecular formula is C21H21F3N4O3S. The summed E-state index contributed by atoms with van der Waals surface area (Å²) in [7, 11) is -4.30. The van der Waals surface area contributed by atoms with Crippen LogP contribution in [0.25, 0.3) is 11.0 Å². The lowest BCUT2D eigenvalue weighted by Gasteiger charge is -2.11. The highest BCUT2D eigenvalue weighted by Gasteiger charge is 2.31. The Morgan fingerprint density at radius 3 is 2.69 bits per heavy atom. The number of hydrogen-bond acceptors (Lipinski definition) is 4. The molecule has 0 bridgehead atoms. The second kappa shape index (κ2) is 8.55. The Morgan fingerprint density at radius 2 is 1.91 bits per heavy atom. The molecule has 2 aromatic carbocycles. The second-order valence-electron chi connectivity index (χ2n) is 7.59. The number of amides is 1. The van der Waals surface area contributed by atoms with Gasteiger partial charge in [0.2, 0.25) is 15.9 Å². The average Bonchev–Trinajstić information content (AvgIpc) is 2.91. The molecule has 0 atom stereocenters. The van der Waals surface area contributed by atoms with Gasteiger partial charge in [-0.05, 0) is 49.2 Å². The summed E-state index contributed by atoms with van der Waals surface area (Å²) < 4.78 is 67.3. The van der Waals surface area contributed by atoms with Gasteiger partial charge in [0.05, 0.1) is 28.0 Å². The van der Waals surface area contributed by atoms with Crippen LogP contribution < -0.4 is 10.0 Å². The Morgan fingerprint density at radius 1 is 1.09 bits per heavy atom. The Kier molecular flexibility index (Phi) is 5.95. The van der Waals surface area contributed by atoms with Crippen LogP contribution >= 0.6 is 0 Å². The van der Waals surface area contributed by atoms with Crippen molar-refractivity contribution < 1.29 is 26.4 Å². The zero-order valence-corrected chi connectivity index (χ0v) is 17.8. The predicted molar refractivity (Wildman–Crippen MR) is 113 cm³/mol. The normalized spacial score (nSPS) is 14.7. The number of imidazole rings is 1. The smallest absolute Gasteiger partial charge is 0.328 e. The van der Waals surface area contributed by atoms with Crippen molar-refractivity contribution in [2.45, 2.75) is 43.3 Å². The number of aryl methyl sites for hydroxylation is 2. The molecule has 0 aliphatic carbocycles. The number of sulfonamides is 1. The molecule has 2 heterocycles. The topological polar surface area (TPSA) is 93.1 Å². The largest absolute Gasteiger partial charge is 0.416 e. The third kappa shape index (κ3) is 4.78. The molecule has 1 amide bonds. The van der Waals surface area contributed by atoms with Crippen LogP contribution in [0.15, 0.2) is 47.4 Å². The van der Waals surface area contributed by atoms with E-state index in [4.69, 9.17) is 0 Å². The van der Waals surface area contributed by atoms with Crippen molar-refractivity contribution >= 4 is 32.7 Å². The van der Waals surface area contributed by atoms with Crippen LogP contribution in [0, 0.1) is 0 Å². The molecule has 0 saturated carbocycles. The van der Waals surface area contributed by atoms with Crippen LogP contribution in [0.3, 0.4) is 0 Å². The van der Waals surface area contributed by atoms with Crippen LogP contribution in [0.2, 0.25) is 0 Å². The van der Waals surface area contributed by atoms with E-state index >= 15 is 0 Å². The van der Waals surface area contributed by atoms with Gasteiger partial charge in [0, 0.05) is 18.7 Å². The maximum Gasteiger partial charge on any atom is 0.416 e. The van der Waals surface area contributed by atoms with Gasteiger partial charge in [-0.1, -0.05) is 12.5 Å². The summed E-state index contributed by atoms with van der Waals surface area (Å²) in [5.41, 5.74) is 1.08. The minimum absolute atomic E-state index is 0.453. The fourth-order valence-electron chi connectivity index (χ4n) is 3.72. The van der Waals surface area contributed by atoms with Crippen molar-refractivity contribution in [1.82, 2.24) is 14.3 Å². The minimum atomic E-state index is -4.67. The number of hydrogen-bond donors (Lipinski definition) is 2. The van der Waals surface area contributed by atoms with Gasteiger partial charge in [0.25, 0.3) is 0 Å². The number of nitrogens with one attached hydrogen (secondary N) is 2.